The molecule has 0 aliphatic carbocycles. The Balaban J connectivity index is 1.96. The fourth-order valence-corrected chi connectivity index (χ4v) is 3.14. The third-order valence-electron chi connectivity index (χ3n) is 4.47. The first-order valence-corrected chi connectivity index (χ1v) is 8.29. The van der Waals surface area contributed by atoms with Gasteiger partial charge in [-0.05, 0) is 44.5 Å². The Morgan fingerprint density at radius 2 is 2.22 bits per heavy atom. The predicted octanol–water partition coefficient (Wildman–Crippen LogP) is 1.88. The van der Waals surface area contributed by atoms with Crippen LogP contribution in [-0.2, 0) is 16.1 Å². The van der Waals surface area contributed by atoms with Crippen molar-refractivity contribution >= 4 is 23.4 Å². The number of hydrogen-bond acceptors (Lipinski definition) is 3. The van der Waals surface area contributed by atoms with Crippen LogP contribution in [0.2, 0.25) is 5.02 Å². The first-order chi connectivity index (χ1) is 10.9. The number of hydrogen-bond donors (Lipinski definition) is 1. The normalized spacial score (nSPS) is 19.7. The standard InChI is InChI=1S/C17H24ClN3O2/c1-12(20(2)10-13-5-3-7-15(18)9-13)17(23)21-8-4-6-14(11-21)16(19)22/h3,5,7,9,12,14H,4,6,8,10-11H2,1-2H3,(H2,19,22)/t12-,14-/m0/s1. The number of carbonyl (C=O) groups excluding carboxylic acids is 2. The minimum absolute atomic E-state index is 0.0421. The van der Waals surface area contributed by atoms with Gasteiger partial charge < -0.3 is 10.6 Å². The Bertz CT molecular complexity index is 579. The number of halogens is 1. The van der Waals surface area contributed by atoms with Gasteiger partial charge in [0.05, 0.1) is 12.0 Å². The molecule has 1 aliphatic heterocycles. The van der Waals surface area contributed by atoms with Gasteiger partial charge in [0.1, 0.15) is 0 Å². The van der Waals surface area contributed by atoms with Crippen LogP contribution < -0.4 is 5.73 Å². The highest BCUT2D eigenvalue weighted by Crippen LogP contribution is 2.19. The van der Waals surface area contributed by atoms with Crippen LogP contribution in [-0.4, -0.2) is 47.8 Å². The lowest BCUT2D eigenvalue weighted by Crippen LogP contribution is -2.50. The quantitative estimate of drug-likeness (QED) is 0.892. The largest absolute Gasteiger partial charge is 0.369 e. The van der Waals surface area contributed by atoms with Crippen LogP contribution in [0, 0.1) is 5.92 Å². The van der Waals surface area contributed by atoms with E-state index in [2.05, 4.69) is 0 Å². The summed E-state index contributed by atoms with van der Waals surface area (Å²) < 4.78 is 0. The van der Waals surface area contributed by atoms with Crippen molar-refractivity contribution in [2.75, 3.05) is 20.1 Å². The maximum Gasteiger partial charge on any atom is 0.239 e. The summed E-state index contributed by atoms with van der Waals surface area (Å²) in [5.74, 6) is -0.499. The Morgan fingerprint density at radius 1 is 1.48 bits per heavy atom. The summed E-state index contributed by atoms with van der Waals surface area (Å²) >= 11 is 6.00. The molecule has 2 N–H and O–H groups in total. The Morgan fingerprint density at radius 3 is 2.87 bits per heavy atom. The molecule has 1 aromatic rings. The lowest BCUT2D eigenvalue weighted by molar-refractivity contribution is -0.139. The molecule has 6 heteroatoms. The van der Waals surface area contributed by atoms with Crippen molar-refractivity contribution < 1.29 is 9.59 Å². The van der Waals surface area contributed by atoms with Gasteiger partial charge in [-0.15, -0.1) is 0 Å². The van der Waals surface area contributed by atoms with Gasteiger partial charge in [0.2, 0.25) is 11.8 Å². The van der Waals surface area contributed by atoms with Crippen LogP contribution in [0.15, 0.2) is 24.3 Å². The summed E-state index contributed by atoms with van der Waals surface area (Å²) in [5, 5.41) is 0.690. The zero-order valence-electron chi connectivity index (χ0n) is 13.7. The summed E-state index contributed by atoms with van der Waals surface area (Å²) in [6.07, 6.45) is 1.59. The number of benzene rings is 1. The highest BCUT2D eigenvalue weighted by Gasteiger charge is 2.30. The number of nitrogens with two attached hydrogens (primary N) is 1. The molecule has 0 saturated carbocycles. The zero-order valence-corrected chi connectivity index (χ0v) is 14.4. The molecular weight excluding hydrogens is 314 g/mol. The summed E-state index contributed by atoms with van der Waals surface area (Å²) in [4.78, 5) is 27.8. The smallest absolute Gasteiger partial charge is 0.239 e. The fourth-order valence-electron chi connectivity index (χ4n) is 2.92. The van der Waals surface area contributed by atoms with Crippen molar-refractivity contribution in [1.29, 1.82) is 0 Å². The summed E-state index contributed by atoms with van der Waals surface area (Å²) in [5.41, 5.74) is 6.45. The van der Waals surface area contributed by atoms with Gasteiger partial charge in [0, 0.05) is 24.7 Å². The second-order valence-corrected chi connectivity index (χ2v) is 6.68. The maximum atomic E-state index is 12.7. The number of amides is 2. The summed E-state index contributed by atoms with van der Waals surface area (Å²) in [7, 11) is 1.92. The minimum Gasteiger partial charge on any atom is -0.369 e. The molecule has 1 fully saturated rings. The molecule has 2 amide bonds. The van der Waals surface area contributed by atoms with E-state index in [1.807, 2.05) is 43.1 Å². The summed E-state index contributed by atoms with van der Waals surface area (Å²) in [6, 6.07) is 7.36. The Hall–Kier alpha value is -1.59. The molecule has 2 rings (SSSR count). The molecule has 0 bridgehead atoms. The lowest BCUT2D eigenvalue weighted by Gasteiger charge is -2.35. The average Bonchev–Trinajstić information content (AvgIpc) is 2.53. The number of piperidine rings is 1. The molecule has 0 unspecified atom stereocenters. The molecule has 1 heterocycles. The topological polar surface area (TPSA) is 66.6 Å². The van der Waals surface area contributed by atoms with Crippen molar-refractivity contribution in [1.82, 2.24) is 9.80 Å². The van der Waals surface area contributed by atoms with Crippen molar-refractivity contribution in [3.63, 3.8) is 0 Å². The molecule has 0 spiro atoms. The van der Waals surface area contributed by atoms with E-state index in [4.69, 9.17) is 17.3 Å². The van der Waals surface area contributed by atoms with Crippen molar-refractivity contribution in [2.45, 2.75) is 32.4 Å². The zero-order chi connectivity index (χ0) is 17.0. The predicted molar refractivity (Wildman–Crippen MR) is 90.9 cm³/mol. The first kappa shape index (κ1) is 17.8. The molecule has 0 radical (unpaired) electrons. The van der Waals surface area contributed by atoms with E-state index in [-0.39, 0.29) is 23.8 Å². The molecule has 23 heavy (non-hydrogen) atoms. The van der Waals surface area contributed by atoms with Crippen molar-refractivity contribution in [3.05, 3.63) is 34.9 Å². The number of likely N-dealkylation sites (N-methyl/N-ethyl adjacent to an activating group) is 1. The van der Waals surface area contributed by atoms with E-state index >= 15 is 0 Å². The lowest BCUT2D eigenvalue weighted by atomic mass is 9.97. The van der Waals surface area contributed by atoms with Crippen LogP contribution in [0.25, 0.3) is 0 Å². The maximum absolute atomic E-state index is 12.7. The summed E-state index contributed by atoms with van der Waals surface area (Å²) in [6.45, 7) is 3.66. The van der Waals surface area contributed by atoms with Crippen LogP contribution in [0.3, 0.4) is 0 Å². The molecule has 1 aromatic carbocycles. The number of nitrogens with zero attached hydrogens (tertiary/aromatic N) is 2. The monoisotopic (exact) mass is 337 g/mol. The number of carbonyl (C=O) groups is 2. The Labute approximate surface area is 142 Å². The molecule has 2 atom stereocenters. The Kier molecular flexibility index (Phi) is 6.02. The van der Waals surface area contributed by atoms with E-state index in [0.29, 0.717) is 24.7 Å². The van der Waals surface area contributed by atoms with Crippen molar-refractivity contribution in [3.8, 4) is 0 Å². The second kappa shape index (κ2) is 7.79. The minimum atomic E-state index is -0.317. The van der Waals surface area contributed by atoms with E-state index < -0.39 is 0 Å². The SMILES string of the molecule is C[C@@H](C(=O)N1CCC[C@H](C(N)=O)C1)N(C)Cc1cccc(Cl)c1. The highest BCUT2D eigenvalue weighted by atomic mass is 35.5. The van der Waals surface area contributed by atoms with Crippen LogP contribution in [0.1, 0.15) is 25.3 Å². The molecule has 0 aromatic heterocycles. The van der Waals surface area contributed by atoms with E-state index in [1.165, 1.54) is 0 Å². The molecule has 1 aliphatic rings. The van der Waals surface area contributed by atoms with Gasteiger partial charge in [-0.1, -0.05) is 23.7 Å². The van der Waals surface area contributed by atoms with Gasteiger partial charge in [-0.2, -0.15) is 0 Å². The first-order valence-electron chi connectivity index (χ1n) is 7.91. The highest BCUT2D eigenvalue weighted by molar-refractivity contribution is 6.30. The van der Waals surface area contributed by atoms with Crippen molar-refractivity contribution in [2.24, 2.45) is 11.7 Å². The van der Waals surface area contributed by atoms with E-state index in [0.717, 1.165) is 18.4 Å². The third-order valence-corrected chi connectivity index (χ3v) is 4.71. The molecule has 126 valence electrons. The van der Waals surface area contributed by atoms with Gasteiger partial charge >= 0.3 is 0 Å². The van der Waals surface area contributed by atoms with Gasteiger partial charge in [-0.3, -0.25) is 14.5 Å². The van der Waals surface area contributed by atoms with Crippen LogP contribution in [0.5, 0.6) is 0 Å². The molecule has 5 nitrogen and oxygen atoms in total. The van der Waals surface area contributed by atoms with Gasteiger partial charge in [0.15, 0.2) is 0 Å². The fraction of sp³-hybridized carbons (Fsp3) is 0.529. The number of primary amides is 1. The average molecular weight is 338 g/mol. The second-order valence-electron chi connectivity index (χ2n) is 6.25. The molecule has 1 saturated heterocycles. The van der Waals surface area contributed by atoms with Gasteiger partial charge in [-0.25, -0.2) is 0 Å². The number of rotatable bonds is 5. The molecular formula is C17H24ClN3O2. The number of likely N-dealkylation sites (tertiary alicyclic amines) is 1. The van der Waals surface area contributed by atoms with Crippen LogP contribution >= 0.6 is 11.6 Å². The third kappa shape index (κ3) is 4.69. The van der Waals surface area contributed by atoms with E-state index in [1.54, 1.807) is 4.90 Å². The van der Waals surface area contributed by atoms with Crippen LogP contribution in [0.4, 0.5) is 0 Å². The van der Waals surface area contributed by atoms with E-state index in [9.17, 15) is 9.59 Å². The van der Waals surface area contributed by atoms with Gasteiger partial charge in [0.25, 0.3) is 0 Å².